The summed E-state index contributed by atoms with van der Waals surface area (Å²) in [6.45, 7) is 5.83. The fourth-order valence-electron chi connectivity index (χ4n) is 3.25. The maximum Gasteiger partial charge on any atom is 0.188 e. The van der Waals surface area contributed by atoms with Crippen LogP contribution in [0.2, 0.25) is 0 Å². The molecule has 0 bridgehead atoms. The molecule has 0 spiro atoms. The van der Waals surface area contributed by atoms with E-state index in [-0.39, 0.29) is 11.7 Å². The standard InChI is InChI=1S/C19H21N5OS2/c1-11-18(27-12(2)22-11)15-10-26-19(23-15)24-16-4-3-14(9-21-16)17(25)13-5-7-20-8-6-13/h3-4,9-10,13,20H,5-8H2,1-2H3,(H,21,23,24). The first kappa shape index (κ1) is 18.2. The Morgan fingerprint density at radius 2 is 2.04 bits per heavy atom. The zero-order chi connectivity index (χ0) is 18.8. The van der Waals surface area contributed by atoms with Gasteiger partial charge in [0.25, 0.3) is 0 Å². The highest BCUT2D eigenvalue weighted by molar-refractivity contribution is 7.16. The average molecular weight is 400 g/mol. The monoisotopic (exact) mass is 399 g/mol. The molecule has 0 aliphatic carbocycles. The van der Waals surface area contributed by atoms with Gasteiger partial charge in [-0.05, 0) is 51.9 Å². The number of nitrogens with zero attached hydrogens (tertiary/aromatic N) is 3. The van der Waals surface area contributed by atoms with Crippen molar-refractivity contribution in [2.75, 3.05) is 18.4 Å². The van der Waals surface area contributed by atoms with Gasteiger partial charge in [0.15, 0.2) is 10.9 Å². The number of piperidine rings is 1. The molecule has 0 aromatic carbocycles. The van der Waals surface area contributed by atoms with Gasteiger partial charge in [-0.2, -0.15) is 0 Å². The number of rotatable bonds is 5. The third-order valence-electron chi connectivity index (χ3n) is 4.63. The van der Waals surface area contributed by atoms with Crippen LogP contribution in [0.1, 0.15) is 33.9 Å². The molecule has 3 aromatic heterocycles. The Kier molecular flexibility index (Phi) is 5.29. The molecule has 8 heteroatoms. The maximum atomic E-state index is 12.6. The van der Waals surface area contributed by atoms with E-state index in [0.717, 1.165) is 52.3 Å². The largest absolute Gasteiger partial charge is 0.317 e. The van der Waals surface area contributed by atoms with Crippen LogP contribution in [0.5, 0.6) is 0 Å². The summed E-state index contributed by atoms with van der Waals surface area (Å²) in [5, 5.41) is 10.4. The molecule has 1 fully saturated rings. The van der Waals surface area contributed by atoms with Gasteiger partial charge in [0, 0.05) is 23.1 Å². The third kappa shape index (κ3) is 4.07. The van der Waals surface area contributed by atoms with Crippen LogP contribution in [0, 0.1) is 19.8 Å². The van der Waals surface area contributed by atoms with Crippen molar-refractivity contribution >= 4 is 39.4 Å². The van der Waals surface area contributed by atoms with Crippen molar-refractivity contribution in [1.29, 1.82) is 0 Å². The minimum Gasteiger partial charge on any atom is -0.317 e. The summed E-state index contributed by atoms with van der Waals surface area (Å²) in [6, 6.07) is 3.70. The number of nitrogens with one attached hydrogen (secondary N) is 2. The van der Waals surface area contributed by atoms with Gasteiger partial charge in [-0.3, -0.25) is 4.79 Å². The fraction of sp³-hybridized carbons (Fsp3) is 0.368. The number of hydrogen-bond donors (Lipinski definition) is 2. The number of anilines is 2. The van der Waals surface area contributed by atoms with Crippen LogP contribution in [0.15, 0.2) is 23.7 Å². The smallest absolute Gasteiger partial charge is 0.188 e. The molecule has 1 aliphatic rings. The molecule has 2 N–H and O–H groups in total. The van der Waals surface area contributed by atoms with Crippen molar-refractivity contribution in [3.8, 4) is 10.6 Å². The van der Waals surface area contributed by atoms with E-state index in [4.69, 9.17) is 0 Å². The zero-order valence-electron chi connectivity index (χ0n) is 15.3. The Morgan fingerprint density at radius 3 is 2.70 bits per heavy atom. The van der Waals surface area contributed by atoms with Crippen molar-refractivity contribution in [3.63, 3.8) is 0 Å². The number of aryl methyl sites for hydroxylation is 2. The molecule has 0 amide bonds. The lowest BCUT2D eigenvalue weighted by molar-refractivity contribution is 0.0895. The lowest BCUT2D eigenvalue weighted by Gasteiger charge is -2.21. The molecule has 3 aromatic rings. The van der Waals surface area contributed by atoms with E-state index in [9.17, 15) is 4.79 Å². The van der Waals surface area contributed by atoms with Gasteiger partial charge in [-0.25, -0.2) is 15.0 Å². The first-order valence-corrected chi connectivity index (χ1v) is 10.7. The molecule has 140 valence electrons. The van der Waals surface area contributed by atoms with E-state index in [0.29, 0.717) is 11.4 Å². The molecular formula is C19H21N5OS2. The quantitative estimate of drug-likeness (QED) is 0.626. The molecule has 0 radical (unpaired) electrons. The van der Waals surface area contributed by atoms with Crippen molar-refractivity contribution < 1.29 is 4.79 Å². The molecule has 1 saturated heterocycles. The molecule has 1 aliphatic heterocycles. The summed E-state index contributed by atoms with van der Waals surface area (Å²) in [5.41, 5.74) is 2.62. The van der Waals surface area contributed by atoms with Crippen molar-refractivity contribution in [2.45, 2.75) is 26.7 Å². The van der Waals surface area contributed by atoms with Gasteiger partial charge in [0.2, 0.25) is 0 Å². The van der Waals surface area contributed by atoms with Gasteiger partial charge in [-0.1, -0.05) is 0 Å². The highest BCUT2D eigenvalue weighted by Gasteiger charge is 2.22. The Morgan fingerprint density at radius 1 is 1.22 bits per heavy atom. The summed E-state index contributed by atoms with van der Waals surface area (Å²) in [6.07, 6.45) is 3.46. The molecule has 4 heterocycles. The molecule has 6 nitrogen and oxygen atoms in total. The normalized spacial score (nSPS) is 15.0. The number of aromatic nitrogens is 3. The predicted molar refractivity (Wildman–Crippen MR) is 110 cm³/mol. The topological polar surface area (TPSA) is 79.8 Å². The number of carbonyl (C=O) groups excluding carboxylic acids is 1. The van der Waals surface area contributed by atoms with E-state index < -0.39 is 0 Å². The second-order valence-corrected chi connectivity index (χ2v) is 8.69. The Hall–Kier alpha value is -2.16. The van der Waals surface area contributed by atoms with Gasteiger partial charge >= 0.3 is 0 Å². The van der Waals surface area contributed by atoms with Crippen molar-refractivity contribution in [2.24, 2.45) is 5.92 Å². The summed E-state index contributed by atoms with van der Waals surface area (Å²) in [4.78, 5) is 27.2. The van der Waals surface area contributed by atoms with E-state index in [1.807, 2.05) is 31.4 Å². The number of carbonyl (C=O) groups is 1. The van der Waals surface area contributed by atoms with Crippen LogP contribution in [-0.2, 0) is 0 Å². The Labute approximate surface area is 166 Å². The van der Waals surface area contributed by atoms with E-state index >= 15 is 0 Å². The first-order valence-electron chi connectivity index (χ1n) is 8.98. The molecule has 0 unspecified atom stereocenters. The second kappa shape index (κ2) is 7.84. The SMILES string of the molecule is Cc1nc(C)c(-c2csc(Nc3ccc(C(=O)C4CCNCC4)cn3)n2)s1. The van der Waals surface area contributed by atoms with Crippen LogP contribution in [-0.4, -0.2) is 33.8 Å². The van der Waals surface area contributed by atoms with Crippen LogP contribution in [0.3, 0.4) is 0 Å². The number of ketones is 1. The van der Waals surface area contributed by atoms with Gasteiger partial charge in [0.05, 0.1) is 21.3 Å². The third-order valence-corrected chi connectivity index (χ3v) is 6.49. The van der Waals surface area contributed by atoms with Crippen LogP contribution >= 0.6 is 22.7 Å². The van der Waals surface area contributed by atoms with E-state index in [1.54, 1.807) is 17.5 Å². The Balaban J connectivity index is 1.44. The van der Waals surface area contributed by atoms with Crippen LogP contribution in [0.25, 0.3) is 10.6 Å². The molecule has 0 saturated carbocycles. The summed E-state index contributed by atoms with van der Waals surface area (Å²) in [5.74, 6) is 0.998. The number of hydrogen-bond acceptors (Lipinski definition) is 8. The molecule has 0 atom stereocenters. The van der Waals surface area contributed by atoms with Gasteiger partial charge in [-0.15, -0.1) is 22.7 Å². The summed E-state index contributed by atoms with van der Waals surface area (Å²) in [7, 11) is 0. The maximum absolute atomic E-state index is 12.6. The first-order chi connectivity index (χ1) is 13.1. The fourth-order valence-corrected chi connectivity index (χ4v) is 4.91. The second-order valence-electron chi connectivity index (χ2n) is 6.63. The van der Waals surface area contributed by atoms with Crippen molar-refractivity contribution in [1.82, 2.24) is 20.3 Å². The molecule has 27 heavy (non-hydrogen) atoms. The van der Waals surface area contributed by atoms with Gasteiger partial charge < -0.3 is 10.6 Å². The zero-order valence-corrected chi connectivity index (χ0v) is 16.9. The Bertz CT molecular complexity index is 941. The van der Waals surface area contributed by atoms with Gasteiger partial charge in [0.1, 0.15) is 5.82 Å². The van der Waals surface area contributed by atoms with Crippen LogP contribution < -0.4 is 10.6 Å². The summed E-state index contributed by atoms with van der Waals surface area (Å²) < 4.78 is 0. The average Bonchev–Trinajstić information content (AvgIpc) is 3.28. The molecular weight excluding hydrogens is 378 g/mol. The molecule has 4 rings (SSSR count). The minimum absolute atomic E-state index is 0.111. The van der Waals surface area contributed by atoms with Crippen LogP contribution in [0.4, 0.5) is 10.9 Å². The van der Waals surface area contributed by atoms with E-state index in [2.05, 4.69) is 25.6 Å². The summed E-state index contributed by atoms with van der Waals surface area (Å²) >= 11 is 3.19. The number of Topliss-reactive ketones (excluding diaryl/α,β-unsaturated/α-hetero) is 1. The minimum atomic E-state index is 0.111. The highest BCUT2D eigenvalue weighted by atomic mass is 32.1. The highest BCUT2D eigenvalue weighted by Crippen LogP contribution is 2.32. The van der Waals surface area contributed by atoms with Crippen molar-refractivity contribution in [3.05, 3.63) is 40.0 Å². The predicted octanol–water partition coefficient (Wildman–Crippen LogP) is 4.20. The number of thiazole rings is 2. The number of pyridine rings is 1. The van der Waals surface area contributed by atoms with E-state index in [1.165, 1.54) is 11.3 Å². The lowest BCUT2D eigenvalue weighted by atomic mass is 9.90. The lowest BCUT2D eigenvalue weighted by Crippen LogP contribution is -2.31.